The normalized spacial score (nSPS) is 10.6. The third-order valence-corrected chi connectivity index (χ3v) is 1.95. The van der Waals surface area contributed by atoms with Gasteiger partial charge < -0.3 is 5.73 Å². The Balaban J connectivity index is 2.58. The number of aromatic nitrogens is 4. The van der Waals surface area contributed by atoms with Crippen LogP contribution < -0.4 is 5.73 Å². The van der Waals surface area contributed by atoms with Gasteiger partial charge in [-0.05, 0) is 6.92 Å². The van der Waals surface area contributed by atoms with Gasteiger partial charge in [-0.15, -0.1) is 0 Å². The first-order valence-corrected chi connectivity index (χ1v) is 3.98. The second-order valence-electron chi connectivity index (χ2n) is 3.00. The van der Waals surface area contributed by atoms with Gasteiger partial charge in [0.05, 0.1) is 23.3 Å². The number of rotatable bonds is 1. The lowest BCUT2D eigenvalue weighted by Crippen LogP contribution is -1.86. The Morgan fingerprint density at radius 2 is 2.31 bits per heavy atom. The summed E-state index contributed by atoms with van der Waals surface area (Å²) >= 11 is 0. The third kappa shape index (κ3) is 1.18. The minimum absolute atomic E-state index is 0.649. The van der Waals surface area contributed by atoms with E-state index < -0.39 is 0 Å². The van der Waals surface area contributed by atoms with Crippen molar-refractivity contribution in [3.05, 3.63) is 18.1 Å². The van der Waals surface area contributed by atoms with Crippen molar-refractivity contribution in [2.45, 2.75) is 6.92 Å². The molecule has 5 heteroatoms. The molecule has 68 valence electrons. The molecule has 0 unspecified atom stereocenters. The van der Waals surface area contributed by atoms with Crippen LogP contribution in [0.5, 0.6) is 0 Å². The Morgan fingerprint density at radius 3 is 2.77 bits per heavy atom. The zero-order chi connectivity index (χ0) is 9.42. The molecule has 3 N–H and O–H groups in total. The van der Waals surface area contributed by atoms with Crippen molar-refractivity contribution in [1.82, 2.24) is 20.0 Å². The number of nitrogens with one attached hydrogen (secondary N) is 1. The van der Waals surface area contributed by atoms with E-state index in [0.29, 0.717) is 5.69 Å². The van der Waals surface area contributed by atoms with Gasteiger partial charge >= 0.3 is 0 Å². The maximum atomic E-state index is 5.72. The molecule has 0 aliphatic heterocycles. The van der Waals surface area contributed by atoms with Gasteiger partial charge in [0.2, 0.25) is 0 Å². The molecule has 2 aromatic heterocycles. The molecule has 0 radical (unpaired) electrons. The molecule has 5 nitrogen and oxygen atoms in total. The molecule has 0 atom stereocenters. The third-order valence-electron chi connectivity index (χ3n) is 1.95. The number of H-pyrrole nitrogens is 1. The van der Waals surface area contributed by atoms with Crippen molar-refractivity contribution in [3.8, 4) is 11.3 Å². The van der Waals surface area contributed by atoms with Crippen molar-refractivity contribution in [1.29, 1.82) is 0 Å². The van der Waals surface area contributed by atoms with E-state index in [2.05, 4.69) is 15.3 Å². The SMILES string of the molecule is Cc1nn(C)cc1-c1[nH]ncc1N. The summed E-state index contributed by atoms with van der Waals surface area (Å²) in [5, 5.41) is 10.9. The van der Waals surface area contributed by atoms with Crippen molar-refractivity contribution in [2.24, 2.45) is 7.05 Å². The van der Waals surface area contributed by atoms with E-state index in [9.17, 15) is 0 Å². The van der Waals surface area contributed by atoms with E-state index in [-0.39, 0.29) is 0 Å². The highest BCUT2D eigenvalue weighted by Crippen LogP contribution is 2.24. The fourth-order valence-electron chi connectivity index (χ4n) is 1.36. The van der Waals surface area contributed by atoms with Crippen LogP contribution in [0.3, 0.4) is 0 Å². The van der Waals surface area contributed by atoms with Crippen LogP contribution in [-0.4, -0.2) is 20.0 Å². The van der Waals surface area contributed by atoms with E-state index >= 15 is 0 Å². The Kier molecular flexibility index (Phi) is 1.58. The van der Waals surface area contributed by atoms with E-state index in [1.54, 1.807) is 10.9 Å². The van der Waals surface area contributed by atoms with Gasteiger partial charge in [-0.3, -0.25) is 9.78 Å². The lowest BCUT2D eigenvalue weighted by molar-refractivity contribution is 0.756. The van der Waals surface area contributed by atoms with Crippen molar-refractivity contribution in [2.75, 3.05) is 5.73 Å². The second kappa shape index (κ2) is 2.62. The number of nitrogens with zero attached hydrogens (tertiary/aromatic N) is 3. The molecule has 0 saturated carbocycles. The smallest absolute Gasteiger partial charge is 0.0914 e. The molecule has 0 amide bonds. The van der Waals surface area contributed by atoms with E-state index in [4.69, 9.17) is 5.73 Å². The Hall–Kier alpha value is -1.78. The highest BCUT2D eigenvalue weighted by Gasteiger charge is 2.10. The summed E-state index contributed by atoms with van der Waals surface area (Å²) in [4.78, 5) is 0. The summed E-state index contributed by atoms with van der Waals surface area (Å²) in [5.41, 5.74) is 9.15. The van der Waals surface area contributed by atoms with Gasteiger partial charge in [-0.25, -0.2) is 0 Å². The fourth-order valence-corrected chi connectivity index (χ4v) is 1.36. The largest absolute Gasteiger partial charge is 0.396 e. The predicted molar refractivity (Wildman–Crippen MR) is 49.9 cm³/mol. The summed E-state index contributed by atoms with van der Waals surface area (Å²) < 4.78 is 1.75. The summed E-state index contributed by atoms with van der Waals surface area (Å²) in [7, 11) is 1.88. The molecule has 0 saturated heterocycles. The van der Waals surface area contributed by atoms with Crippen molar-refractivity contribution in [3.63, 3.8) is 0 Å². The minimum atomic E-state index is 0.649. The van der Waals surface area contributed by atoms with Crippen LogP contribution in [-0.2, 0) is 7.05 Å². The van der Waals surface area contributed by atoms with Gasteiger partial charge in [0.15, 0.2) is 0 Å². The topological polar surface area (TPSA) is 72.5 Å². The molecule has 0 bridgehead atoms. The first kappa shape index (κ1) is 7.85. The highest BCUT2D eigenvalue weighted by atomic mass is 15.3. The number of hydrogen-bond acceptors (Lipinski definition) is 3. The molecule has 2 rings (SSSR count). The zero-order valence-corrected chi connectivity index (χ0v) is 7.57. The van der Waals surface area contributed by atoms with Gasteiger partial charge in [-0.2, -0.15) is 10.2 Å². The van der Waals surface area contributed by atoms with Crippen molar-refractivity contribution >= 4 is 5.69 Å². The van der Waals surface area contributed by atoms with Crippen LogP contribution in [0.1, 0.15) is 5.69 Å². The summed E-state index contributed by atoms with van der Waals surface area (Å²) in [6.45, 7) is 1.94. The molecule has 0 aliphatic carbocycles. The van der Waals surface area contributed by atoms with Gasteiger partial charge in [-0.1, -0.05) is 0 Å². The number of aryl methyl sites for hydroxylation is 2. The number of nitrogens with two attached hydrogens (primary N) is 1. The standard InChI is InChI=1S/C8H11N5/c1-5-6(4-13(2)12-5)8-7(9)3-10-11-8/h3-4H,9H2,1-2H3,(H,10,11). The maximum Gasteiger partial charge on any atom is 0.0914 e. The minimum Gasteiger partial charge on any atom is -0.396 e. The quantitative estimate of drug-likeness (QED) is 0.673. The molecule has 0 spiro atoms. The lowest BCUT2D eigenvalue weighted by atomic mass is 10.2. The zero-order valence-electron chi connectivity index (χ0n) is 7.57. The van der Waals surface area contributed by atoms with Crippen LogP contribution in [0.15, 0.2) is 12.4 Å². The predicted octanol–water partition coefficient (Wildman–Crippen LogP) is 0.701. The molecular weight excluding hydrogens is 166 g/mol. The Labute approximate surface area is 75.6 Å². The number of hydrogen-bond donors (Lipinski definition) is 2. The Morgan fingerprint density at radius 1 is 1.54 bits per heavy atom. The van der Waals surface area contributed by atoms with Crippen LogP contribution >= 0.6 is 0 Å². The summed E-state index contributed by atoms with van der Waals surface area (Å²) in [6, 6.07) is 0. The highest BCUT2D eigenvalue weighted by molar-refractivity contribution is 5.72. The Bertz CT molecular complexity index is 425. The molecule has 0 fully saturated rings. The van der Waals surface area contributed by atoms with Crippen LogP contribution in [0, 0.1) is 6.92 Å². The van der Waals surface area contributed by atoms with Gasteiger partial charge in [0.1, 0.15) is 0 Å². The number of aromatic amines is 1. The number of anilines is 1. The van der Waals surface area contributed by atoms with Gasteiger partial charge in [0.25, 0.3) is 0 Å². The molecule has 2 heterocycles. The first-order chi connectivity index (χ1) is 6.18. The molecule has 0 aromatic carbocycles. The van der Waals surface area contributed by atoms with Crippen LogP contribution in [0.4, 0.5) is 5.69 Å². The monoisotopic (exact) mass is 177 g/mol. The molecule has 2 aromatic rings. The van der Waals surface area contributed by atoms with E-state index in [0.717, 1.165) is 17.0 Å². The van der Waals surface area contributed by atoms with Crippen molar-refractivity contribution < 1.29 is 0 Å². The summed E-state index contributed by atoms with van der Waals surface area (Å²) in [6.07, 6.45) is 3.51. The number of nitrogen functional groups attached to an aromatic ring is 1. The average molecular weight is 177 g/mol. The maximum absolute atomic E-state index is 5.72. The first-order valence-electron chi connectivity index (χ1n) is 3.98. The molecule has 0 aliphatic rings. The lowest BCUT2D eigenvalue weighted by Gasteiger charge is -1.94. The molecule has 13 heavy (non-hydrogen) atoms. The molecular formula is C8H11N5. The average Bonchev–Trinajstić information content (AvgIpc) is 2.58. The second-order valence-corrected chi connectivity index (χ2v) is 3.00. The van der Waals surface area contributed by atoms with Crippen LogP contribution in [0.25, 0.3) is 11.3 Å². The van der Waals surface area contributed by atoms with E-state index in [1.165, 1.54) is 0 Å². The fraction of sp³-hybridized carbons (Fsp3) is 0.250. The van der Waals surface area contributed by atoms with E-state index in [1.807, 2.05) is 20.2 Å². The van der Waals surface area contributed by atoms with Crippen LogP contribution in [0.2, 0.25) is 0 Å². The van der Waals surface area contributed by atoms with Gasteiger partial charge in [0, 0.05) is 18.8 Å². The summed E-state index contributed by atoms with van der Waals surface area (Å²) in [5.74, 6) is 0.